The Morgan fingerprint density at radius 3 is 2.66 bits per heavy atom. The third-order valence-corrected chi connectivity index (χ3v) is 7.41. The molecule has 0 spiro atoms. The van der Waals surface area contributed by atoms with Crippen LogP contribution < -0.4 is 4.74 Å². The molecule has 5 rings (SSSR count). The summed E-state index contributed by atoms with van der Waals surface area (Å²) in [7, 11) is 0. The maximum absolute atomic E-state index is 12.8. The number of amides is 2. The van der Waals surface area contributed by atoms with Crippen LogP contribution in [0, 0.1) is 6.92 Å². The van der Waals surface area contributed by atoms with Gasteiger partial charge in [-0.15, -0.1) is 22.7 Å². The summed E-state index contributed by atoms with van der Waals surface area (Å²) in [5.74, 6) is 0.333. The van der Waals surface area contributed by atoms with Crippen LogP contribution in [0.25, 0.3) is 20.3 Å². The van der Waals surface area contributed by atoms with Crippen LogP contribution in [0.3, 0.4) is 0 Å². The van der Waals surface area contributed by atoms with Gasteiger partial charge in [0.15, 0.2) is 6.61 Å². The summed E-state index contributed by atoms with van der Waals surface area (Å²) in [5, 5.41) is 13.9. The first-order chi connectivity index (χ1) is 15.5. The van der Waals surface area contributed by atoms with Gasteiger partial charge in [0.2, 0.25) is 0 Å². The Kier molecular flexibility index (Phi) is 5.44. The lowest BCUT2D eigenvalue weighted by Crippen LogP contribution is -2.51. The largest absolute Gasteiger partial charge is 0.507 e. The number of aromatic hydroxyl groups is 1. The lowest BCUT2D eigenvalue weighted by Gasteiger charge is -2.34. The molecule has 2 amide bonds. The van der Waals surface area contributed by atoms with Crippen molar-refractivity contribution >= 4 is 54.8 Å². The van der Waals surface area contributed by atoms with Gasteiger partial charge < -0.3 is 19.6 Å². The second kappa shape index (κ2) is 8.40. The maximum Gasteiger partial charge on any atom is 0.260 e. The van der Waals surface area contributed by atoms with Gasteiger partial charge in [-0.25, -0.2) is 4.98 Å². The summed E-state index contributed by atoms with van der Waals surface area (Å²) in [5.41, 5.74) is 1.27. The molecule has 2 aromatic heterocycles. The number of carbonyl (C=O) groups excluding carboxylic acids is 2. The molecule has 2 aromatic carbocycles. The van der Waals surface area contributed by atoms with E-state index in [0.717, 1.165) is 25.3 Å². The molecule has 9 heteroatoms. The second-order valence-electron chi connectivity index (χ2n) is 7.60. The molecular formula is C23H21N3O4S2. The average Bonchev–Trinajstić information content (AvgIpc) is 3.43. The Bertz CT molecular complexity index is 1320. The summed E-state index contributed by atoms with van der Waals surface area (Å²) >= 11 is 3.24. The lowest BCUT2D eigenvalue weighted by molar-refractivity contribution is -0.134. The predicted molar refractivity (Wildman–Crippen MR) is 126 cm³/mol. The normalized spacial score (nSPS) is 14.3. The summed E-state index contributed by atoms with van der Waals surface area (Å²) in [4.78, 5) is 33.4. The van der Waals surface area contributed by atoms with Crippen LogP contribution in [-0.2, 0) is 4.79 Å². The van der Waals surface area contributed by atoms with Crippen molar-refractivity contribution in [2.45, 2.75) is 6.92 Å². The van der Waals surface area contributed by atoms with Crippen molar-refractivity contribution in [1.82, 2.24) is 14.8 Å². The van der Waals surface area contributed by atoms with E-state index in [1.54, 1.807) is 50.7 Å². The highest BCUT2D eigenvalue weighted by Crippen LogP contribution is 2.38. The van der Waals surface area contributed by atoms with Gasteiger partial charge in [-0.05, 0) is 30.5 Å². The van der Waals surface area contributed by atoms with Gasteiger partial charge in [0, 0.05) is 37.6 Å². The zero-order valence-electron chi connectivity index (χ0n) is 17.4. The van der Waals surface area contributed by atoms with Gasteiger partial charge in [0.25, 0.3) is 11.8 Å². The minimum Gasteiger partial charge on any atom is -0.507 e. The molecule has 0 bridgehead atoms. The van der Waals surface area contributed by atoms with Gasteiger partial charge >= 0.3 is 0 Å². The Morgan fingerprint density at radius 2 is 1.88 bits per heavy atom. The van der Waals surface area contributed by atoms with E-state index in [1.807, 2.05) is 24.4 Å². The van der Waals surface area contributed by atoms with Crippen molar-refractivity contribution in [3.8, 4) is 11.5 Å². The molecule has 4 aromatic rings. The summed E-state index contributed by atoms with van der Waals surface area (Å²) in [6.45, 7) is 3.63. The number of phenolic OH excluding ortho intramolecular Hbond substituents is 1. The van der Waals surface area contributed by atoms with Crippen LogP contribution in [0.2, 0.25) is 0 Å². The van der Waals surface area contributed by atoms with Crippen molar-refractivity contribution < 1.29 is 19.4 Å². The molecule has 1 N–H and O–H groups in total. The van der Waals surface area contributed by atoms with Gasteiger partial charge in [0.1, 0.15) is 11.5 Å². The standard InChI is InChI=1S/C23H21N3O4S2/c1-14-24-21-19(32-14)12-18(16-6-11-31-22(16)21)30-13-20(28)25-7-9-26(10-8-25)23(29)15-4-2-3-5-17(15)27/h2-6,11-12,27H,7-10,13H2,1H3. The van der Waals surface area contributed by atoms with Crippen LogP contribution in [0.15, 0.2) is 41.8 Å². The number of hydrogen-bond donors (Lipinski definition) is 1. The van der Waals surface area contributed by atoms with E-state index in [-0.39, 0.29) is 29.7 Å². The zero-order chi connectivity index (χ0) is 22.2. The summed E-state index contributed by atoms with van der Waals surface area (Å²) < 4.78 is 8.08. The van der Waals surface area contributed by atoms with E-state index >= 15 is 0 Å². The average molecular weight is 468 g/mol. The van der Waals surface area contributed by atoms with E-state index in [2.05, 4.69) is 4.98 Å². The van der Waals surface area contributed by atoms with Crippen molar-refractivity contribution in [3.05, 3.63) is 52.3 Å². The fourth-order valence-corrected chi connectivity index (χ4v) is 5.75. The molecule has 0 unspecified atom stereocenters. The topological polar surface area (TPSA) is 83.0 Å². The zero-order valence-corrected chi connectivity index (χ0v) is 19.0. The molecule has 0 atom stereocenters. The van der Waals surface area contributed by atoms with E-state index in [1.165, 1.54) is 6.07 Å². The first kappa shape index (κ1) is 20.7. The van der Waals surface area contributed by atoms with Crippen LogP contribution in [0.5, 0.6) is 11.5 Å². The fraction of sp³-hybridized carbons (Fsp3) is 0.261. The maximum atomic E-state index is 12.8. The molecule has 1 aliphatic heterocycles. The minimum absolute atomic E-state index is 0.0303. The van der Waals surface area contributed by atoms with E-state index in [9.17, 15) is 14.7 Å². The quantitative estimate of drug-likeness (QED) is 0.492. The predicted octanol–water partition coefficient (Wildman–Crippen LogP) is 3.89. The highest BCUT2D eigenvalue weighted by molar-refractivity contribution is 7.21. The molecule has 0 aliphatic carbocycles. The first-order valence-electron chi connectivity index (χ1n) is 10.3. The third-order valence-electron chi connectivity index (χ3n) is 5.57. The van der Waals surface area contributed by atoms with E-state index in [0.29, 0.717) is 31.9 Å². The lowest BCUT2D eigenvalue weighted by atomic mass is 10.1. The monoisotopic (exact) mass is 467 g/mol. The Labute approximate surface area is 192 Å². The van der Waals surface area contributed by atoms with E-state index < -0.39 is 0 Å². The molecular weight excluding hydrogens is 446 g/mol. The molecule has 3 heterocycles. The number of thiazole rings is 1. The van der Waals surface area contributed by atoms with Gasteiger partial charge in [-0.2, -0.15) is 0 Å². The Morgan fingerprint density at radius 1 is 1.12 bits per heavy atom. The summed E-state index contributed by atoms with van der Waals surface area (Å²) in [6, 6.07) is 10.5. The number of nitrogens with zero attached hydrogens (tertiary/aromatic N) is 3. The fourth-order valence-electron chi connectivity index (χ4n) is 3.92. The Balaban J connectivity index is 1.23. The minimum atomic E-state index is -0.223. The number of fused-ring (bicyclic) bond motifs is 3. The van der Waals surface area contributed by atoms with Gasteiger partial charge in [-0.1, -0.05) is 12.1 Å². The highest BCUT2D eigenvalue weighted by atomic mass is 32.1. The molecule has 164 valence electrons. The van der Waals surface area contributed by atoms with Gasteiger partial charge in [0.05, 0.1) is 25.5 Å². The van der Waals surface area contributed by atoms with Crippen molar-refractivity contribution in [2.75, 3.05) is 32.8 Å². The number of aromatic nitrogens is 1. The molecule has 32 heavy (non-hydrogen) atoms. The number of para-hydroxylation sites is 1. The van der Waals surface area contributed by atoms with E-state index in [4.69, 9.17) is 4.74 Å². The van der Waals surface area contributed by atoms with Crippen molar-refractivity contribution in [3.63, 3.8) is 0 Å². The molecule has 7 nitrogen and oxygen atoms in total. The number of hydrogen-bond acceptors (Lipinski definition) is 7. The molecule has 1 saturated heterocycles. The first-order valence-corrected chi connectivity index (χ1v) is 12.0. The van der Waals surface area contributed by atoms with Crippen molar-refractivity contribution in [1.29, 1.82) is 0 Å². The van der Waals surface area contributed by atoms with Crippen LogP contribution >= 0.6 is 22.7 Å². The molecule has 0 radical (unpaired) electrons. The van der Waals surface area contributed by atoms with Gasteiger partial charge in [-0.3, -0.25) is 9.59 Å². The molecule has 1 aliphatic rings. The van der Waals surface area contributed by atoms with Crippen LogP contribution in [0.4, 0.5) is 0 Å². The Hall–Kier alpha value is -3.17. The van der Waals surface area contributed by atoms with Crippen LogP contribution in [-0.4, -0.2) is 64.5 Å². The van der Waals surface area contributed by atoms with Crippen molar-refractivity contribution in [2.24, 2.45) is 0 Å². The molecule has 1 fully saturated rings. The number of aryl methyl sites for hydroxylation is 1. The number of rotatable bonds is 4. The third kappa shape index (κ3) is 3.78. The summed E-state index contributed by atoms with van der Waals surface area (Å²) in [6.07, 6.45) is 0. The number of benzene rings is 2. The number of carbonyl (C=O) groups is 2. The molecule has 0 saturated carbocycles. The number of thiophene rings is 1. The second-order valence-corrected chi connectivity index (χ2v) is 9.75. The number of piperazine rings is 1. The number of phenols is 1. The van der Waals surface area contributed by atoms with Crippen LogP contribution in [0.1, 0.15) is 15.4 Å². The smallest absolute Gasteiger partial charge is 0.260 e. The number of ether oxygens (including phenoxy) is 1. The highest BCUT2D eigenvalue weighted by Gasteiger charge is 2.26. The SMILES string of the molecule is Cc1nc2c(cc(OCC(=O)N3CCN(C(=O)c4ccccc4O)CC3)c3ccsc32)s1.